The van der Waals surface area contributed by atoms with Crippen LogP contribution in [0.4, 0.5) is 0 Å². The average Bonchev–Trinajstić information content (AvgIpc) is 3.42. The molecule has 21 fully saturated rings. The second-order valence-corrected chi connectivity index (χ2v) is 20.0. The molecule has 1 aliphatic carbocycles. The zero-order chi connectivity index (χ0) is 55.2. The largest absolute Gasteiger partial charge is 0.396 e. The average molecular weight is 1120 g/mol. The molecule has 33 nitrogen and oxygen atoms in total. The summed E-state index contributed by atoms with van der Waals surface area (Å²) < 4.78 is 74.9. The van der Waals surface area contributed by atoms with E-state index in [0.29, 0.717) is 0 Å². The first-order chi connectivity index (χ1) is 36.2. The Morgan fingerprint density at radius 3 is 0.829 bits per heavy atom. The van der Waals surface area contributed by atoms with Crippen molar-refractivity contribution < 1.29 is 164 Å². The SMILES string of the molecule is OCC1CC2OC3C(CO)OC(OC4C(CO)OC(OC5C(CO)OC(OC6C(CO)OC(OC7CC(O)C(OC7CO)OC7C(CO)OC(OC1C(O)C2O)C(O)C7O)C(O)C6O)C(O)C5O)C(O)C4O)C(O)C3O. The number of hydrogen-bond acceptors (Lipinski definition) is 33. The number of aliphatic hydroxyl groups excluding tert-OH is 20. The molecule has 0 spiro atoms. The fraction of sp³-hybridized carbons (Fsp3) is 1.00. The van der Waals surface area contributed by atoms with Crippen LogP contribution in [0.3, 0.4) is 0 Å². The minimum Gasteiger partial charge on any atom is -0.396 e. The predicted molar refractivity (Wildman–Crippen MR) is 230 cm³/mol. The van der Waals surface area contributed by atoms with Gasteiger partial charge in [0.2, 0.25) is 0 Å². The van der Waals surface area contributed by atoms with Gasteiger partial charge < -0.3 is 164 Å². The third-order valence-electron chi connectivity index (χ3n) is 15.2. The van der Waals surface area contributed by atoms with Gasteiger partial charge in [0.25, 0.3) is 0 Å². The van der Waals surface area contributed by atoms with Gasteiger partial charge in [0.1, 0.15) is 146 Å². The molecule has 0 aromatic rings. The fourth-order valence-electron chi connectivity index (χ4n) is 10.9. The van der Waals surface area contributed by atoms with Crippen LogP contribution in [0.1, 0.15) is 12.8 Å². The van der Waals surface area contributed by atoms with Crippen LogP contribution in [0.15, 0.2) is 0 Å². The van der Waals surface area contributed by atoms with E-state index >= 15 is 0 Å². The molecule has 21 rings (SSSR count). The molecular formula is C43H72O33. The maximum atomic E-state index is 11.4. The smallest absolute Gasteiger partial charge is 0.187 e. The molecule has 33 heteroatoms. The fourth-order valence-corrected chi connectivity index (χ4v) is 10.9. The molecule has 76 heavy (non-hydrogen) atoms. The van der Waals surface area contributed by atoms with Gasteiger partial charge in [-0.2, -0.15) is 0 Å². The first-order valence-corrected chi connectivity index (χ1v) is 24.9. The van der Waals surface area contributed by atoms with Gasteiger partial charge in [-0.1, -0.05) is 0 Å². The van der Waals surface area contributed by atoms with Crippen molar-refractivity contribution in [3.63, 3.8) is 0 Å². The summed E-state index contributed by atoms with van der Waals surface area (Å²) in [5.41, 5.74) is 0. The van der Waals surface area contributed by atoms with E-state index in [1.807, 2.05) is 0 Å². The van der Waals surface area contributed by atoms with Gasteiger partial charge >= 0.3 is 0 Å². The van der Waals surface area contributed by atoms with Crippen LogP contribution in [0.2, 0.25) is 0 Å². The van der Waals surface area contributed by atoms with Gasteiger partial charge in [0.05, 0.1) is 58.0 Å². The lowest BCUT2D eigenvalue weighted by atomic mass is 9.80. The van der Waals surface area contributed by atoms with Crippen LogP contribution in [0, 0.1) is 5.92 Å². The van der Waals surface area contributed by atoms with Crippen LogP contribution >= 0.6 is 0 Å². The van der Waals surface area contributed by atoms with Crippen molar-refractivity contribution in [2.45, 2.75) is 215 Å². The van der Waals surface area contributed by atoms with Crippen molar-refractivity contribution in [2.24, 2.45) is 5.92 Å². The topological polar surface area (TPSA) is 525 Å². The summed E-state index contributed by atoms with van der Waals surface area (Å²) >= 11 is 0. The molecule has 20 heterocycles. The van der Waals surface area contributed by atoms with E-state index in [9.17, 15) is 102 Å². The van der Waals surface area contributed by atoms with Crippen LogP contribution < -0.4 is 0 Å². The Balaban J connectivity index is 1.07. The molecule has 34 unspecified atom stereocenters. The summed E-state index contributed by atoms with van der Waals surface area (Å²) in [5, 5.41) is 220. The molecule has 34 atom stereocenters. The van der Waals surface area contributed by atoms with Crippen molar-refractivity contribution in [3.05, 3.63) is 0 Å². The van der Waals surface area contributed by atoms with Crippen molar-refractivity contribution >= 4 is 0 Å². The molecule has 0 aromatic carbocycles. The molecular weight excluding hydrogens is 1040 g/mol. The molecule has 20 aliphatic heterocycles. The normalized spacial score (nSPS) is 54.9. The molecule has 0 aromatic heterocycles. The van der Waals surface area contributed by atoms with Crippen molar-refractivity contribution in [1.82, 2.24) is 0 Å². The van der Waals surface area contributed by atoms with Gasteiger partial charge in [0, 0.05) is 18.9 Å². The third kappa shape index (κ3) is 12.0. The Morgan fingerprint density at radius 2 is 0.500 bits per heavy atom. The lowest BCUT2D eigenvalue weighted by molar-refractivity contribution is -0.392. The van der Waals surface area contributed by atoms with E-state index in [-0.39, 0.29) is 0 Å². The molecule has 0 amide bonds. The number of aliphatic hydroxyl groups is 20. The van der Waals surface area contributed by atoms with Crippen LogP contribution in [0.25, 0.3) is 0 Å². The molecule has 20 N–H and O–H groups in total. The summed E-state index contributed by atoms with van der Waals surface area (Å²) in [4.78, 5) is 0. The maximum absolute atomic E-state index is 11.4. The molecule has 0 radical (unpaired) electrons. The zero-order valence-electron chi connectivity index (χ0n) is 40.2. The summed E-state index contributed by atoms with van der Waals surface area (Å²) in [6.07, 6.45) is -62.4. The predicted octanol–water partition coefficient (Wildman–Crippen LogP) is -13.5. The standard InChI is InChI=1S/C43H72O33/c44-3-10-1-13-20(52)21(53)32(10)72-40-29(61)24(56)34(16(6-47)69-40)73-38-11(51)2-12(14(4-45)66-38)65-39-27(59)23(55)35(17(7-48)67-39)74-42-30(62)26(58)37(19(9-50)70-42)76-43-31(63)25(57)36(18(8-49)71-43)75-41-28(60)22(54)33(64-13)15(5-46)68-41/h10-63H,1-9H2. The van der Waals surface area contributed by atoms with Gasteiger partial charge in [-0.15, -0.1) is 0 Å². The molecule has 21 aliphatic rings. The Bertz CT molecular complexity index is 1780. The van der Waals surface area contributed by atoms with Crippen LogP contribution in [0.5, 0.6) is 0 Å². The monoisotopic (exact) mass is 1120 g/mol. The zero-order valence-corrected chi connectivity index (χ0v) is 40.2. The maximum Gasteiger partial charge on any atom is 0.187 e. The number of rotatable bonds is 7. The van der Waals surface area contributed by atoms with Gasteiger partial charge in [-0.05, 0) is 6.42 Å². The highest BCUT2D eigenvalue weighted by Crippen LogP contribution is 2.40. The molecule has 1 saturated carbocycles. The first-order valence-electron chi connectivity index (χ1n) is 24.9. The van der Waals surface area contributed by atoms with Crippen molar-refractivity contribution in [2.75, 3.05) is 46.2 Å². The highest BCUT2D eigenvalue weighted by Gasteiger charge is 2.58. The van der Waals surface area contributed by atoms with Gasteiger partial charge in [-0.25, -0.2) is 0 Å². The van der Waals surface area contributed by atoms with Crippen LogP contribution in [-0.4, -0.2) is 351 Å². The van der Waals surface area contributed by atoms with Crippen molar-refractivity contribution in [3.8, 4) is 0 Å². The summed E-state index contributed by atoms with van der Waals surface area (Å²) in [5.74, 6) is -1.20. The van der Waals surface area contributed by atoms with E-state index < -0.39 is 268 Å². The number of ether oxygens (including phenoxy) is 13. The minimum absolute atomic E-state index is 0.402. The quantitative estimate of drug-likeness (QED) is 0.113. The molecule has 442 valence electrons. The summed E-state index contributed by atoms with van der Waals surface area (Å²) in [7, 11) is 0. The summed E-state index contributed by atoms with van der Waals surface area (Å²) in [6.45, 7) is -6.59. The van der Waals surface area contributed by atoms with Gasteiger partial charge in [0.15, 0.2) is 37.7 Å². The highest BCUT2D eigenvalue weighted by atomic mass is 16.8. The van der Waals surface area contributed by atoms with E-state index in [2.05, 4.69) is 0 Å². The first kappa shape index (κ1) is 60.8. The lowest BCUT2D eigenvalue weighted by Crippen LogP contribution is -2.68. The summed E-state index contributed by atoms with van der Waals surface area (Å²) in [6, 6.07) is 0. The van der Waals surface area contributed by atoms with E-state index in [4.69, 9.17) is 61.6 Å². The second kappa shape index (κ2) is 25.9. The highest BCUT2D eigenvalue weighted by molar-refractivity contribution is 5.02. The Hall–Kier alpha value is -1.32. The second-order valence-electron chi connectivity index (χ2n) is 20.0. The van der Waals surface area contributed by atoms with Crippen LogP contribution in [-0.2, 0) is 61.6 Å². The third-order valence-corrected chi connectivity index (χ3v) is 15.2. The Morgan fingerprint density at radius 1 is 0.224 bits per heavy atom. The molecule has 20 saturated heterocycles. The Labute approximate surface area is 430 Å². The van der Waals surface area contributed by atoms with E-state index in [1.165, 1.54) is 0 Å². The van der Waals surface area contributed by atoms with Crippen molar-refractivity contribution in [1.29, 1.82) is 0 Å². The molecule has 14 bridgehead atoms. The minimum atomic E-state index is -2.17. The Kier molecular flexibility index (Phi) is 20.7. The lowest BCUT2D eigenvalue weighted by Gasteiger charge is -2.50. The van der Waals surface area contributed by atoms with E-state index in [1.54, 1.807) is 0 Å². The number of hydrogen-bond donors (Lipinski definition) is 20. The van der Waals surface area contributed by atoms with E-state index in [0.717, 1.165) is 0 Å². The van der Waals surface area contributed by atoms with Gasteiger partial charge in [-0.3, -0.25) is 0 Å².